The van der Waals surface area contributed by atoms with Crippen LogP contribution in [0.3, 0.4) is 0 Å². The lowest BCUT2D eigenvalue weighted by atomic mass is 9.81. The second-order valence-corrected chi connectivity index (χ2v) is 4.17. The zero-order chi connectivity index (χ0) is 8.93. The summed E-state index contributed by atoms with van der Waals surface area (Å²) in [5.41, 5.74) is 0.183. The van der Waals surface area contributed by atoms with Gasteiger partial charge < -0.3 is 5.21 Å². The third-order valence-corrected chi connectivity index (χ3v) is 3.79. The Hall–Kier alpha value is -0.860. The molecule has 0 aromatic rings. The second kappa shape index (κ2) is 2.09. The number of fused-ring (bicyclic) bond motifs is 2. The molecular formula is C9H13NO2. The molecule has 0 radical (unpaired) electrons. The quantitative estimate of drug-likeness (QED) is 0.438. The first-order valence-corrected chi connectivity index (χ1v) is 4.38. The van der Waals surface area contributed by atoms with Gasteiger partial charge in [-0.3, -0.25) is 4.79 Å². The van der Waals surface area contributed by atoms with Crippen LogP contribution in [0.2, 0.25) is 0 Å². The lowest BCUT2D eigenvalue weighted by molar-refractivity contribution is -0.121. The van der Waals surface area contributed by atoms with Crippen LogP contribution in [0.4, 0.5) is 0 Å². The highest BCUT2D eigenvalue weighted by atomic mass is 16.4. The first kappa shape index (κ1) is 7.77. The van der Waals surface area contributed by atoms with Crippen molar-refractivity contribution in [3.63, 3.8) is 0 Å². The average Bonchev–Trinajstić information content (AvgIpc) is 2.42. The number of rotatable bonds is 0. The van der Waals surface area contributed by atoms with Crippen molar-refractivity contribution in [3.05, 3.63) is 0 Å². The Kier molecular flexibility index (Phi) is 1.35. The van der Waals surface area contributed by atoms with Crippen LogP contribution in [0.1, 0.15) is 26.7 Å². The summed E-state index contributed by atoms with van der Waals surface area (Å²) in [5.74, 6) is 0.636. The fraction of sp³-hybridized carbons (Fsp3) is 0.778. The van der Waals surface area contributed by atoms with Gasteiger partial charge in [0, 0.05) is 11.3 Å². The minimum Gasteiger partial charge on any atom is -0.411 e. The van der Waals surface area contributed by atoms with E-state index in [2.05, 4.69) is 12.1 Å². The number of Topliss-reactive ketones (excluding diaryl/α,β-unsaturated/α-hetero) is 1. The topological polar surface area (TPSA) is 49.7 Å². The van der Waals surface area contributed by atoms with Gasteiger partial charge in [0.1, 0.15) is 5.71 Å². The molecule has 2 aliphatic carbocycles. The summed E-state index contributed by atoms with van der Waals surface area (Å²) in [5, 5.41) is 11.8. The second-order valence-electron chi connectivity index (χ2n) is 4.17. The highest BCUT2D eigenvalue weighted by Crippen LogP contribution is 2.54. The highest BCUT2D eigenvalue weighted by Gasteiger charge is 2.58. The number of oxime groups is 1. The molecule has 0 saturated heterocycles. The van der Waals surface area contributed by atoms with Gasteiger partial charge in [0.05, 0.1) is 0 Å². The van der Waals surface area contributed by atoms with Crippen LogP contribution in [0.15, 0.2) is 5.16 Å². The fourth-order valence-electron chi connectivity index (χ4n) is 2.65. The van der Waals surface area contributed by atoms with Gasteiger partial charge in [-0.15, -0.1) is 0 Å². The standard InChI is InChI=1S/C9H13NO2/c1-5-6-3-4-9(5,2)8(11)7(6)10-12/h5-6,12H,3-4H2,1-2H3/b10-7+. The number of nitrogens with zero attached hydrogens (tertiary/aromatic N) is 1. The van der Waals surface area contributed by atoms with Gasteiger partial charge >= 0.3 is 0 Å². The van der Waals surface area contributed by atoms with E-state index >= 15 is 0 Å². The number of carbonyl (C=O) groups is 1. The van der Waals surface area contributed by atoms with E-state index in [4.69, 9.17) is 5.21 Å². The Labute approximate surface area is 71.5 Å². The van der Waals surface area contributed by atoms with Crippen molar-refractivity contribution in [2.24, 2.45) is 22.4 Å². The SMILES string of the molecule is CC1C2CCC1(C)C(=O)/C2=N/O. The first-order chi connectivity index (χ1) is 5.61. The molecule has 3 unspecified atom stereocenters. The van der Waals surface area contributed by atoms with Gasteiger partial charge in [0.25, 0.3) is 0 Å². The minimum atomic E-state index is -0.230. The number of carbonyl (C=O) groups excluding carboxylic acids is 1. The summed E-state index contributed by atoms with van der Waals surface area (Å²) in [6, 6.07) is 0. The van der Waals surface area contributed by atoms with Crippen molar-refractivity contribution in [1.82, 2.24) is 0 Å². The fourth-order valence-corrected chi connectivity index (χ4v) is 2.65. The average molecular weight is 167 g/mol. The molecule has 3 atom stereocenters. The van der Waals surface area contributed by atoms with Crippen LogP contribution in [0.5, 0.6) is 0 Å². The summed E-state index contributed by atoms with van der Waals surface area (Å²) < 4.78 is 0. The van der Waals surface area contributed by atoms with Crippen molar-refractivity contribution in [2.45, 2.75) is 26.7 Å². The molecule has 12 heavy (non-hydrogen) atoms. The third kappa shape index (κ3) is 0.625. The largest absolute Gasteiger partial charge is 0.411 e. The van der Waals surface area contributed by atoms with E-state index in [1.165, 1.54) is 0 Å². The zero-order valence-corrected chi connectivity index (χ0v) is 7.37. The third-order valence-electron chi connectivity index (χ3n) is 3.79. The van der Waals surface area contributed by atoms with Crippen LogP contribution >= 0.6 is 0 Å². The normalized spacial score (nSPS) is 49.2. The molecular weight excluding hydrogens is 154 g/mol. The Morgan fingerprint density at radius 3 is 2.67 bits per heavy atom. The highest BCUT2D eigenvalue weighted by molar-refractivity contribution is 6.45. The molecule has 0 amide bonds. The molecule has 2 rings (SSSR count). The Bertz CT molecular complexity index is 272. The molecule has 0 aromatic heterocycles. The molecule has 2 aliphatic rings. The van der Waals surface area contributed by atoms with Crippen LogP contribution in [0, 0.1) is 17.3 Å². The van der Waals surface area contributed by atoms with Crippen molar-refractivity contribution < 1.29 is 10.0 Å². The van der Waals surface area contributed by atoms with Crippen LogP contribution in [-0.2, 0) is 4.79 Å². The van der Waals surface area contributed by atoms with E-state index in [-0.39, 0.29) is 17.1 Å². The number of ketones is 1. The van der Waals surface area contributed by atoms with E-state index < -0.39 is 0 Å². The minimum absolute atomic E-state index is 0.0637. The van der Waals surface area contributed by atoms with Crippen molar-refractivity contribution in [3.8, 4) is 0 Å². The summed E-state index contributed by atoms with van der Waals surface area (Å²) >= 11 is 0. The Morgan fingerprint density at radius 2 is 2.33 bits per heavy atom. The molecule has 0 spiro atoms. The molecule has 3 nitrogen and oxygen atoms in total. The molecule has 1 N–H and O–H groups in total. The molecule has 0 heterocycles. The maximum absolute atomic E-state index is 11.6. The molecule has 2 bridgehead atoms. The molecule has 0 aliphatic heterocycles. The van der Waals surface area contributed by atoms with Gasteiger partial charge in [0.15, 0.2) is 5.78 Å². The van der Waals surface area contributed by atoms with E-state index in [0.717, 1.165) is 12.8 Å². The number of hydrogen-bond acceptors (Lipinski definition) is 3. The van der Waals surface area contributed by atoms with Crippen LogP contribution in [-0.4, -0.2) is 16.7 Å². The Balaban J connectivity index is 2.48. The molecule has 2 fully saturated rings. The summed E-state index contributed by atoms with van der Waals surface area (Å²) in [7, 11) is 0. The van der Waals surface area contributed by atoms with Crippen molar-refractivity contribution >= 4 is 11.5 Å². The lowest BCUT2D eigenvalue weighted by Crippen LogP contribution is -2.29. The monoisotopic (exact) mass is 167 g/mol. The summed E-state index contributed by atoms with van der Waals surface area (Å²) in [4.78, 5) is 11.6. The lowest BCUT2D eigenvalue weighted by Gasteiger charge is -2.21. The molecule has 66 valence electrons. The van der Waals surface area contributed by atoms with Gasteiger partial charge in [-0.25, -0.2) is 0 Å². The molecule has 0 aromatic carbocycles. The smallest absolute Gasteiger partial charge is 0.186 e. The molecule has 2 saturated carbocycles. The maximum Gasteiger partial charge on any atom is 0.186 e. The summed E-state index contributed by atoms with van der Waals surface area (Å²) in [6.07, 6.45) is 1.96. The van der Waals surface area contributed by atoms with Crippen molar-refractivity contribution in [2.75, 3.05) is 0 Å². The maximum atomic E-state index is 11.6. The Morgan fingerprint density at radius 1 is 1.67 bits per heavy atom. The van der Waals surface area contributed by atoms with Crippen LogP contribution < -0.4 is 0 Å². The number of hydrogen-bond donors (Lipinski definition) is 1. The van der Waals surface area contributed by atoms with E-state index in [1.807, 2.05) is 6.92 Å². The predicted octanol–water partition coefficient (Wildman–Crippen LogP) is 1.45. The van der Waals surface area contributed by atoms with Gasteiger partial charge in [-0.05, 0) is 18.8 Å². The zero-order valence-electron chi connectivity index (χ0n) is 7.37. The summed E-state index contributed by atoms with van der Waals surface area (Å²) in [6.45, 7) is 4.06. The van der Waals surface area contributed by atoms with Crippen LogP contribution in [0.25, 0.3) is 0 Å². The first-order valence-electron chi connectivity index (χ1n) is 4.38. The molecule has 3 heteroatoms. The van der Waals surface area contributed by atoms with Gasteiger partial charge in [-0.2, -0.15) is 0 Å². The van der Waals surface area contributed by atoms with Crippen molar-refractivity contribution in [1.29, 1.82) is 0 Å². The predicted molar refractivity (Wildman–Crippen MR) is 44.2 cm³/mol. The van der Waals surface area contributed by atoms with Gasteiger partial charge in [0.2, 0.25) is 0 Å². The van der Waals surface area contributed by atoms with E-state index in [9.17, 15) is 4.79 Å². The van der Waals surface area contributed by atoms with Gasteiger partial charge in [-0.1, -0.05) is 19.0 Å². The van der Waals surface area contributed by atoms with E-state index in [0.29, 0.717) is 11.6 Å². The van der Waals surface area contributed by atoms with E-state index in [1.54, 1.807) is 0 Å².